The van der Waals surface area contributed by atoms with Crippen molar-refractivity contribution in [2.75, 3.05) is 0 Å². The molecule has 0 amide bonds. The van der Waals surface area contributed by atoms with Gasteiger partial charge < -0.3 is 0 Å². The zero-order valence-corrected chi connectivity index (χ0v) is 10.4. The van der Waals surface area contributed by atoms with Gasteiger partial charge in [-0.3, -0.25) is 10.1 Å². The van der Waals surface area contributed by atoms with Crippen LogP contribution in [0.25, 0.3) is 0 Å². The number of halogens is 2. The first-order chi connectivity index (χ1) is 7.29. The Labute approximate surface area is 93.3 Å². The first-order valence-corrected chi connectivity index (χ1v) is 8.14. The Morgan fingerprint density at radius 2 is 1.75 bits per heavy atom. The van der Waals surface area contributed by atoms with E-state index in [0.29, 0.717) is 6.04 Å². The number of nitrogens with zero attached hydrogens (tertiary/aromatic N) is 1. The van der Waals surface area contributed by atoms with E-state index in [1.54, 1.807) is 0 Å². The zero-order valence-electron chi connectivity index (χ0n) is 9.38. The third kappa shape index (κ3) is 2.26. The van der Waals surface area contributed by atoms with E-state index in [4.69, 9.17) is 0 Å². The van der Waals surface area contributed by atoms with Crippen molar-refractivity contribution in [3.63, 3.8) is 0 Å². The summed E-state index contributed by atoms with van der Waals surface area (Å²) in [5.74, 6) is -1.60. The highest BCUT2D eigenvalue weighted by Gasteiger charge is 2.30. The SMILES string of the molecule is CC[Si](C)(C)c1c(F)cc([N+](=O)[O-])cc1F. The maximum atomic E-state index is 13.6. The van der Waals surface area contributed by atoms with Crippen LogP contribution in [0.5, 0.6) is 0 Å². The minimum absolute atomic E-state index is 0.0422. The highest BCUT2D eigenvalue weighted by Crippen LogP contribution is 2.19. The van der Waals surface area contributed by atoms with Crippen molar-refractivity contribution in [1.29, 1.82) is 0 Å². The monoisotopic (exact) mass is 245 g/mol. The van der Waals surface area contributed by atoms with Gasteiger partial charge in [0.25, 0.3) is 5.69 Å². The molecular weight excluding hydrogens is 232 g/mol. The van der Waals surface area contributed by atoms with Gasteiger partial charge in [0.2, 0.25) is 0 Å². The van der Waals surface area contributed by atoms with Crippen molar-refractivity contribution in [2.24, 2.45) is 0 Å². The molecule has 1 aromatic rings. The van der Waals surface area contributed by atoms with Crippen LogP contribution in [-0.4, -0.2) is 13.0 Å². The van der Waals surface area contributed by atoms with E-state index in [2.05, 4.69) is 0 Å². The number of hydrogen-bond acceptors (Lipinski definition) is 2. The molecule has 1 rings (SSSR count). The van der Waals surface area contributed by atoms with Gasteiger partial charge in [0.05, 0.1) is 25.1 Å². The molecule has 0 heterocycles. The molecule has 0 fully saturated rings. The standard InChI is InChI=1S/C10H13F2NO2Si/c1-4-16(2,3)10-8(11)5-7(13(14)15)6-9(10)12/h5-6H,4H2,1-3H3. The number of nitro benzene ring substituents is 1. The van der Waals surface area contributed by atoms with Crippen molar-refractivity contribution in [1.82, 2.24) is 0 Å². The quantitative estimate of drug-likeness (QED) is 0.467. The summed E-state index contributed by atoms with van der Waals surface area (Å²) in [6.07, 6.45) is 0. The summed E-state index contributed by atoms with van der Waals surface area (Å²) in [6.45, 7) is 5.53. The predicted molar refractivity (Wildman–Crippen MR) is 60.6 cm³/mol. The first kappa shape index (κ1) is 12.8. The van der Waals surface area contributed by atoms with Crippen LogP contribution in [0.3, 0.4) is 0 Å². The molecule has 16 heavy (non-hydrogen) atoms. The lowest BCUT2D eigenvalue weighted by atomic mass is 10.3. The van der Waals surface area contributed by atoms with Crippen LogP contribution in [-0.2, 0) is 0 Å². The lowest BCUT2D eigenvalue weighted by molar-refractivity contribution is -0.385. The van der Waals surface area contributed by atoms with Crippen molar-refractivity contribution in [2.45, 2.75) is 26.1 Å². The minimum Gasteiger partial charge on any atom is -0.258 e. The molecule has 0 aliphatic carbocycles. The molecule has 0 spiro atoms. The second-order valence-electron chi connectivity index (χ2n) is 4.28. The van der Waals surface area contributed by atoms with Crippen molar-refractivity contribution in [3.8, 4) is 0 Å². The molecule has 0 aromatic heterocycles. The molecule has 6 heteroatoms. The summed E-state index contributed by atoms with van der Waals surface area (Å²) in [7, 11) is -2.17. The highest BCUT2D eigenvalue weighted by atomic mass is 28.3. The maximum absolute atomic E-state index is 13.6. The van der Waals surface area contributed by atoms with Crippen LogP contribution >= 0.6 is 0 Å². The van der Waals surface area contributed by atoms with Gasteiger partial charge in [0, 0.05) is 5.19 Å². The van der Waals surface area contributed by atoms with Crippen molar-refractivity contribution < 1.29 is 13.7 Å². The van der Waals surface area contributed by atoms with Crippen molar-refractivity contribution >= 4 is 18.9 Å². The van der Waals surface area contributed by atoms with E-state index in [1.165, 1.54) is 0 Å². The summed E-state index contributed by atoms with van der Waals surface area (Å²) >= 11 is 0. The number of non-ortho nitro benzene ring substituents is 1. The van der Waals surface area contributed by atoms with Gasteiger partial charge in [0.1, 0.15) is 11.6 Å². The fraction of sp³-hybridized carbons (Fsp3) is 0.400. The van der Waals surface area contributed by atoms with E-state index in [9.17, 15) is 18.9 Å². The molecule has 0 aliphatic rings. The lowest BCUT2D eigenvalue weighted by Gasteiger charge is -2.21. The molecule has 0 saturated heterocycles. The van der Waals surface area contributed by atoms with Crippen LogP contribution in [0.15, 0.2) is 12.1 Å². The summed E-state index contributed by atoms with van der Waals surface area (Å²) in [4.78, 5) is 9.62. The molecular formula is C10H13F2NO2Si. The Bertz CT molecular complexity index is 412. The van der Waals surface area contributed by atoms with E-state index >= 15 is 0 Å². The van der Waals surface area contributed by atoms with E-state index in [-0.39, 0.29) is 5.19 Å². The van der Waals surface area contributed by atoms with E-state index in [0.717, 1.165) is 12.1 Å². The van der Waals surface area contributed by atoms with Gasteiger partial charge in [-0.25, -0.2) is 8.78 Å². The Hall–Kier alpha value is -1.30. The van der Waals surface area contributed by atoms with Crippen LogP contribution in [0.2, 0.25) is 19.1 Å². The predicted octanol–water partition coefficient (Wildman–Crippen LogP) is 2.81. The van der Waals surface area contributed by atoms with Gasteiger partial charge in [-0.1, -0.05) is 26.1 Å². The van der Waals surface area contributed by atoms with Gasteiger partial charge in [-0.2, -0.15) is 0 Å². The maximum Gasteiger partial charge on any atom is 0.275 e. The van der Waals surface area contributed by atoms with Gasteiger partial charge in [-0.05, 0) is 0 Å². The number of nitro groups is 1. The molecule has 0 N–H and O–H groups in total. The van der Waals surface area contributed by atoms with Crippen LogP contribution in [0, 0.1) is 21.7 Å². The second kappa shape index (κ2) is 4.29. The summed E-state index contributed by atoms with van der Waals surface area (Å²) in [6, 6.07) is 2.27. The van der Waals surface area contributed by atoms with Gasteiger partial charge in [-0.15, -0.1) is 0 Å². The number of benzene rings is 1. The lowest BCUT2D eigenvalue weighted by Crippen LogP contribution is -2.44. The summed E-state index contributed by atoms with van der Waals surface area (Å²) < 4.78 is 27.3. The van der Waals surface area contributed by atoms with Gasteiger partial charge >= 0.3 is 0 Å². The molecule has 0 atom stereocenters. The first-order valence-electron chi connectivity index (χ1n) is 4.93. The molecule has 88 valence electrons. The van der Waals surface area contributed by atoms with Gasteiger partial charge in [0.15, 0.2) is 0 Å². The highest BCUT2D eigenvalue weighted by molar-refractivity contribution is 6.89. The fourth-order valence-electron chi connectivity index (χ4n) is 1.49. The Kier molecular flexibility index (Phi) is 3.42. The summed E-state index contributed by atoms with van der Waals surface area (Å²) in [5.41, 5.74) is -0.542. The molecule has 0 bridgehead atoms. The van der Waals surface area contributed by atoms with Crippen LogP contribution in [0.4, 0.5) is 14.5 Å². The molecule has 0 radical (unpaired) electrons. The Balaban J connectivity index is 3.39. The minimum atomic E-state index is -2.17. The third-order valence-electron chi connectivity index (χ3n) is 2.80. The third-order valence-corrected chi connectivity index (χ3v) is 6.40. The van der Waals surface area contributed by atoms with E-state index < -0.39 is 30.3 Å². The molecule has 0 unspecified atom stereocenters. The largest absolute Gasteiger partial charge is 0.275 e. The van der Waals surface area contributed by atoms with Crippen molar-refractivity contribution in [3.05, 3.63) is 33.9 Å². The van der Waals surface area contributed by atoms with Crippen LogP contribution in [0.1, 0.15) is 6.92 Å². The number of rotatable bonds is 3. The second-order valence-corrected chi connectivity index (χ2v) is 9.25. The normalized spacial score (nSPS) is 11.6. The Morgan fingerprint density at radius 1 is 1.31 bits per heavy atom. The van der Waals surface area contributed by atoms with Crippen LogP contribution < -0.4 is 5.19 Å². The Morgan fingerprint density at radius 3 is 2.06 bits per heavy atom. The molecule has 1 aromatic carbocycles. The van der Waals surface area contributed by atoms with E-state index in [1.807, 2.05) is 20.0 Å². The zero-order chi connectivity index (χ0) is 12.5. The molecule has 0 saturated carbocycles. The molecule has 0 aliphatic heterocycles. The molecule has 3 nitrogen and oxygen atoms in total. The average Bonchev–Trinajstić information content (AvgIpc) is 2.16. The average molecular weight is 245 g/mol. The summed E-state index contributed by atoms with van der Waals surface area (Å²) in [5, 5.41) is 10.5. The number of hydrogen-bond donors (Lipinski definition) is 0. The fourth-order valence-corrected chi connectivity index (χ4v) is 3.28. The smallest absolute Gasteiger partial charge is 0.258 e. The topological polar surface area (TPSA) is 43.1 Å².